The molecule has 116 valence electrons. The Kier molecular flexibility index (Phi) is 4.72. The third-order valence-electron chi connectivity index (χ3n) is 3.83. The van der Waals surface area contributed by atoms with Gasteiger partial charge >= 0.3 is 0 Å². The van der Waals surface area contributed by atoms with Crippen LogP contribution in [-0.2, 0) is 6.54 Å². The summed E-state index contributed by atoms with van der Waals surface area (Å²) in [5.41, 5.74) is 6.82. The van der Waals surface area contributed by atoms with E-state index in [4.69, 9.17) is 5.73 Å². The number of nitrogens with one attached hydrogen (secondary N) is 2. The summed E-state index contributed by atoms with van der Waals surface area (Å²) in [4.78, 5) is 8.72. The van der Waals surface area contributed by atoms with Crippen LogP contribution in [0.15, 0.2) is 33.7 Å². The number of guanidine groups is 1. The summed E-state index contributed by atoms with van der Waals surface area (Å²) in [5.74, 6) is 2.58. The predicted molar refractivity (Wildman–Crippen MR) is 90.2 cm³/mol. The van der Waals surface area contributed by atoms with Crippen molar-refractivity contribution in [3.63, 3.8) is 0 Å². The molecule has 0 saturated heterocycles. The molecule has 0 amide bonds. The third kappa shape index (κ3) is 3.85. The molecule has 0 aliphatic heterocycles. The molecule has 1 aromatic carbocycles. The molecule has 2 aromatic rings. The van der Waals surface area contributed by atoms with Gasteiger partial charge in [-0.1, -0.05) is 34.5 Å². The van der Waals surface area contributed by atoms with E-state index in [9.17, 15) is 0 Å². The number of aliphatic imine (C=N–C) groups is 1. The van der Waals surface area contributed by atoms with Crippen LogP contribution in [0.5, 0.6) is 0 Å². The zero-order valence-electron chi connectivity index (χ0n) is 12.2. The van der Waals surface area contributed by atoms with Gasteiger partial charge in [0.2, 0.25) is 0 Å². The zero-order chi connectivity index (χ0) is 15.4. The van der Waals surface area contributed by atoms with Crippen LogP contribution in [0.3, 0.4) is 0 Å². The number of hydrogen-bond acceptors (Lipinski definition) is 3. The predicted octanol–water partition coefficient (Wildman–Crippen LogP) is 2.44. The molecule has 1 heterocycles. The van der Waals surface area contributed by atoms with Crippen molar-refractivity contribution in [3.05, 3.63) is 34.6 Å². The summed E-state index contributed by atoms with van der Waals surface area (Å²) in [7, 11) is 0. The first-order chi connectivity index (χ1) is 10.7. The maximum Gasteiger partial charge on any atom is 0.189 e. The average Bonchev–Trinajstić information content (AvgIpc) is 2.93. The van der Waals surface area contributed by atoms with Crippen LogP contribution in [0.1, 0.15) is 25.1 Å². The van der Waals surface area contributed by atoms with Crippen molar-refractivity contribution < 1.29 is 0 Å². The molecule has 1 aliphatic carbocycles. The molecule has 1 saturated carbocycles. The molecule has 6 nitrogen and oxygen atoms in total. The van der Waals surface area contributed by atoms with Crippen LogP contribution in [0.25, 0.3) is 11.4 Å². The van der Waals surface area contributed by atoms with Gasteiger partial charge in [-0.15, -0.1) is 0 Å². The topological polar surface area (TPSA) is 92.0 Å². The van der Waals surface area contributed by atoms with Crippen molar-refractivity contribution in [1.82, 2.24) is 20.5 Å². The highest BCUT2D eigenvalue weighted by atomic mass is 79.9. The minimum atomic E-state index is 0.396. The van der Waals surface area contributed by atoms with Gasteiger partial charge in [-0.2, -0.15) is 5.10 Å². The zero-order valence-corrected chi connectivity index (χ0v) is 13.8. The van der Waals surface area contributed by atoms with Gasteiger partial charge in [-0.25, -0.2) is 9.98 Å². The van der Waals surface area contributed by atoms with Crippen LogP contribution in [0.4, 0.5) is 0 Å². The maximum atomic E-state index is 5.85. The van der Waals surface area contributed by atoms with Gasteiger partial charge in [0.05, 0.1) is 0 Å². The lowest BCUT2D eigenvalue weighted by atomic mass is 9.85. The molecule has 4 N–H and O–H groups in total. The Bertz CT molecular complexity index is 644. The molecule has 3 rings (SSSR count). The standard InChI is InChI=1S/C15H19BrN6/c16-12-6-4-11(5-7-12)14-20-13(21-22-14)9-19-15(17)18-8-10-2-1-3-10/h4-7,10H,1-3,8-9H2,(H3,17,18,19)(H,20,21,22). The lowest BCUT2D eigenvalue weighted by Crippen LogP contribution is -2.37. The Balaban J connectivity index is 1.55. The monoisotopic (exact) mass is 362 g/mol. The molecule has 1 fully saturated rings. The third-order valence-corrected chi connectivity index (χ3v) is 4.36. The SMILES string of the molecule is NC(=NCc1nc(-c2ccc(Br)cc2)n[nH]1)NCC1CCC1. The van der Waals surface area contributed by atoms with Gasteiger partial charge in [0.1, 0.15) is 12.4 Å². The molecule has 0 radical (unpaired) electrons. The summed E-state index contributed by atoms with van der Waals surface area (Å²) in [5, 5.41) is 10.3. The van der Waals surface area contributed by atoms with E-state index in [0.717, 1.165) is 22.5 Å². The fourth-order valence-electron chi connectivity index (χ4n) is 2.26. The normalized spacial score (nSPS) is 15.6. The van der Waals surface area contributed by atoms with E-state index in [1.54, 1.807) is 0 Å². The molecular formula is C15H19BrN6. The molecule has 0 spiro atoms. The van der Waals surface area contributed by atoms with E-state index in [1.807, 2.05) is 24.3 Å². The van der Waals surface area contributed by atoms with Crippen LogP contribution in [-0.4, -0.2) is 27.7 Å². The van der Waals surface area contributed by atoms with Gasteiger partial charge in [0.15, 0.2) is 11.8 Å². The number of H-pyrrole nitrogens is 1. The van der Waals surface area contributed by atoms with Crippen molar-refractivity contribution >= 4 is 21.9 Å². The summed E-state index contributed by atoms with van der Waals surface area (Å²) >= 11 is 3.41. The minimum Gasteiger partial charge on any atom is -0.370 e. The second-order valence-corrected chi connectivity index (χ2v) is 6.41. The lowest BCUT2D eigenvalue weighted by molar-refractivity contribution is 0.315. The number of rotatable bonds is 5. The number of benzene rings is 1. The van der Waals surface area contributed by atoms with E-state index < -0.39 is 0 Å². The van der Waals surface area contributed by atoms with E-state index >= 15 is 0 Å². The molecule has 7 heteroatoms. The Morgan fingerprint density at radius 2 is 2.14 bits per heavy atom. The van der Waals surface area contributed by atoms with Crippen LogP contribution in [0.2, 0.25) is 0 Å². The fraction of sp³-hybridized carbons (Fsp3) is 0.400. The summed E-state index contributed by atoms with van der Waals surface area (Å²) in [6.45, 7) is 1.31. The largest absolute Gasteiger partial charge is 0.370 e. The van der Waals surface area contributed by atoms with Crippen molar-refractivity contribution in [2.45, 2.75) is 25.8 Å². The van der Waals surface area contributed by atoms with Crippen LogP contribution in [0, 0.1) is 5.92 Å². The lowest BCUT2D eigenvalue weighted by Gasteiger charge is -2.25. The number of aromatic nitrogens is 3. The van der Waals surface area contributed by atoms with Crippen molar-refractivity contribution in [2.24, 2.45) is 16.6 Å². The number of hydrogen-bond donors (Lipinski definition) is 3. The number of nitrogens with two attached hydrogens (primary N) is 1. The number of aromatic amines is 1. The Labute approximate surface area is 137 Å². The first-order valence-electron chi connectivity index (χ1n) is 7.42. The maximum absolute atomic E-state index is 5.85. The summed E-state index contributed by atoms with van der Waals surface area (Å²) in [6, 6.07) is 7.86. The summed E-state index contributed by atoms with van der Waals surface area (Å²) < 4.78 is 1.03. The van der Waals surface area contributed by atoms with Gasteiger partial charge in [0.25, 0.3) is 0 Å². The number of nitrogens with zero attached hydrogens (tertiary/aromatic N) is 3. The van der Waals surface area contributed by atoms with Crippen molar-refractivity contribution in [3.8, 4) is 11.4 Å². The van der Waals surface area contributed by atoms with Crippen LogP contribution >= 0.6 is 15.9 Å². The Hall–Kier alpha value is -1.89. The highest BCUT2D eigenvalue weighted by Crippen LogP contribution is 2.25. The second-order valence-electron chi connectivity index (χ2n) is 5.49. The highest BCUT2D eigenvalue weighted by Gasteiger charge is 2.16. The van der Waals surface area contributed by atoms with Gasteiger partial charge in [-0.05, 0) is 30.9 Å². The van der Waals surface area contributed by atoms with Crippen molar-refractivity contribution in [2.75, 3.05) is 6.54 Å². The molecule has 0 unspecified atom stereocenters. The van der Waals surface area contributed by atoms with E-state index in [2.05, 4.69) is 41.4 Å². The molecule has 1 aliphatic rings. The van der Waals surface area contributed by atoms with Crippen LogP contribution < -0.4 is 11.1 Å². The summed E-state index contributed by atoms with van der Waals surface area (Å²) in [6.07, 6.45) is 3.91. The van der Waals surface area contributed by atoms with E-state index in [-0.39, 0.29) is 0 Å². The Morgan fingerprint density at radius 1 is 1.36 bits per heavy atom. The van der Waals surface area contributed by atoms with E-state index in [0.29, 0.717) is 24.2 Å². The van der Waals surface area contributed by atoms with Gasteiger partial charge in [-0.3, -0.25) is 5.10 Å². The molecular weight excluding hydrogens is 344 g/mol. The van der Waals surface area contributed by atoms with E-state index in [1.165, 1.54) is 19.3 Å². The molecule has 0 atom stereocenters. The minimum absolute atomic E-state index is 0.396. The molecule has 1 aromatic heterocycles. The fourth-order valence-corrected chi connectivity index (χ4v) is 2.52. The smallest absolute Gasteiger partial charge is 0.189 e. The van der Waals surface area contributed by atoms with Gasteiger partial charge in [0, 0.05) is 16.6 Å². The van der Waals surface area contributed by atoms with Crippen molar-refractivity contribution in [1.29, 1.82) is 0 Å². The quantitative estimate of drug-likeness (QED) is 0.562. The first-order valence-corrected chi connectivity index (χ1v) is 8.21. The second kappa shape index (κ2) is 6.91. The average molecular weight is 363 g/mol. The first kappa shape index (κ1) is 15.0. The number of halogens is 1. The van der Waals surface area contributed by atoms with Gasteiger partial charge < -0.3 is 11.1 Å². The molecule has 0 bridgehead atoms. The molecule has 22 heavy (non-hydrogen) atoms. The Morgan fingerprint density at radius 3 is 2.82 bits per heavy atom. The highest BCUT2D eigenvalue weighted by molar-refractivity contribution is 9.10.